The van der Waals surface area contributed by atoms with E-state index < -0.39 is 0 Å². The van der Waals surface area contributed by atoms with Gasteiger partial charge in [0, 0.05) is 10.8 Å². The number of nitrogen functional groups attached to an aromatic ring is 1. The third-order valence-electron chi connectivity index (χ3n) is 2.82. The van der Waals surface area contributed by atoms with Gasteiger partial charge in [-0.1, -0.05) is 13.8 Å². The molecule has 0 aromatic carbocycles. The van der Waals surface area contributed by atoms with Crippen LogP contribution in [0.25, 0.3) is 0 Å². The van der Waals surface area contributed by atoms with Crippen molar-refractivity contribution < 1.29 is 4.79 Å². The van der Waals surface area contributed by atoms with E-state index in [1.807, 2.05) is 27.7 Å². The van der Waals surface area contributed by atoms with Crippen LogP contribution < -0.4 is 11.1 Å². The average Bonchev–Trinajstić information content (AvgIpc) is 2.68. The molecule has 2 rings (SSSR count). The molecule has 2 aromatic heterocycles. The van der Waals surface area contributed by atoms with Gasteiger partial charge in [-0.2, -0.15) is 0 Å². The van der Waals surface area contributed by atoms with Crippen molar-refractivity contribution in [3.8, 4) is 0 Å². The quantitative estimate of drug-likeness (QED) is 0.906. The number of nitrogens with two attached hydrogens (primary N) is 1. The van der Waals surface area contributed by atoms with E-state index in [9.17, 15) is 4.79 Å². The van der Waals surface area contributed by atoms with E-state index in [-0.39, 0.29) is 23.2 Å². The first-order valence-electron chi connectivity index (χ1n) is 6.26. The molecule has 3 N–H and O–H groups in total. The second-order valence-electron chi connectivity index (χ2n) is 4.80. The van der Waals surface area contributed by atoms with Gasteiger partial charge >= 0.3 is 0 Å². The fourth-order valence-corrected chi connectivity index (χ4v) is 2.36. The highest BCUT2D eigenvalue weighted by Crippen LogP contribution is 2.22. The van der Waals surface area contributed by atoms with Gasteiger partial charge in [0.15, 0.2) is 10.8 Å². The molecular weight excluding hydrogens is 274 g/mol. The smallest absolute Gasteiger partial charge is 0.278 e. The van der Waals surface area contributed by atoms with Gasteiger partial charge < -0.3 is 5.73 Å². The number of carbonyl (C=O) groups is 1. The van der Waals surface area contributed by atoms with Crippen LogP contribution in [-0.4, -0.2) is 20.9 Å². The zero-order valence-corrected chi connectivity index (χ0v) is 12.7. The fourth-order valence-electron chi connectivity index (χ4n) is 1.55. The van der Waals surface area contributed by atoms with Crippen LogP contribution in [-0.2, 0) is 0 Å². The largest absolute Gasteiger partial charge is 0.396 e. The van der Waals surface area contributed by atoms with Crippen LogP contribution in [0.4, 0.5) is 10.8 Å². The lowest BCUT2D eigenvalue weighted by Crippen LogP contribution is -2.17. The van der Waals surface area contributed by atoms with Gasteiger partial charge in [0.2, 0.25) is 0 Å². The normalized spacial score (nSPS) is 10.8. The molecular formula is C13H17N5OS. The molecule has 7 heteroatoms. The highest BCUT2D eigenvalue weighted by Gasteiger charge is 2.16. The Bertz CT molecular complexity index is 631. The minimum Gasteiger partial charge on any atom is -0.396 e. The Labute approximate surface area is 121 Å². The van der Waals surface area contributed by atoms with Crippen molar-refractivity contribution >= 4 is 28.1 Å². The number of aryl methyl sites for hydroxylation is 2. The monoisotopic (exact) mass is 291 g/mol. The minimum atomic E-state index is -0.361. The molecule has 0 saturated carbocycles. The SMILES string of the molecule is Cc1nc(NC(=O)c2nc(C(C)C)ncc2N)sc1C. The Morgan fingerprint density at radius 1 is 1.35 bits per heavy atom. The number of carbonyl (C=O) groups excluding carboxylic acids is 1. The topological polar surface area (TPSA) is 93.8 Å². The molecule has 0 bridgehead atoms. The van der Waals surface area contributed by atoms with Crippen LogP contribution in [0.2, 0.25) is 0 Å². The van der Waals surface area contributed by atoms with Crippen molar-refractivity contribution in [1.29, 1.82) is 0 Å². The molecule has 0 aliphatic heterocycles. The number of nitrogens with one attached hydrogen (secondary N) is 1. The van der Waals surface area contributed by atoms with E-state index >= 15 is 0 Å². The van der Waals surface area contributed by atoms with Crippen molar-refractivity contribution in [3.63, 3.8) is 0 Å². The summed E-state index contributed by atoms with van der Waals surface area (Å²) in [5, 5.41) is 3.28. The van der Waals surface area contributed by atoms with Crippen LogP contribution >= 0.6 is 11.3 Å². The lowest BCUT2D eigenvalue weighted by Gasteiger charge is -2.08. The lowest BCUT2D eigenvalue weighted by molar-refractivity contribution is 0.102. The van der Waals surface area contributed by atoms with Gasteiger partial charge in [-0.05, 0) is 13.8 Å². The summed E-state index contributed by atoms with van der Waals surface area (Å²) in [5.41, 5.74) is 7.13. The maximum Gasteiger partial charge on any atom is 0.278 e. The molecule has 106 valence electrons. The van der Waals surface area contributed by atoms with Crippen LogP contribution in [0.15, 0.2) is 6.20 Å². The number of rotatable bonds is 3. The van der Waals surface area contributed by atoms with E-state index in [0.29, 0.717) is 11.0 Å². The zero-order valence-electron chi connectivity index (χ0n) is 11.9. The Morgan fingerprint density at radius 3 is 2.60 bits per heavy atom. The molecule has 20 heavy (non-hydrogen) atoms. The van der Waals surface area contributed by atoms with Crippen molar-refractivity contribution in [2.45, 2.75) is 33.6 Å². The molecule has 6 nitrogen and oxygen atoms in total. The van der Waals surface area contributed by atoms with E-state index in [4.69, 9.17) is 5.73 Å². The number of anilines is 2. The Kier molecular flexibility index (Phi) is 3.99. The van der Waals surface area contributed by atoms with Gasteiger partial charge in [-0.15, -0.1) is 11.3 Å². The molecule has 0 saturated heterocycles. The number of nitrogens with zero attached hydrogens (tertiary/aromatic N) is 3. The Balaban J connectivity index is 2.26. The number of thiazole rings is 1. The van der Waals surface area contributed by atoms with E-state index in [1.54, 1.807) is 0 Å². The van der Waals surface area contributed by atoms with Crippen molar-refractivity contribution in [3.05, 3.63) is 28.3 Å². The third kappa shape index (κ3) is 2.93. The zero-order chi connectivity index (χ0) is 14.9. The number of amides is 1. The predicted octanol–water partition coefficient (Wildman–Crippen LogP) is 2.51. The molecule has 0 spiro atoms. The Hall–Kier alpha value is -2.02. The van der Waals surface area contributed by atoms with E-state index in [0.717, 1.165) is 10.6 Å². The van der Waals surface area contributed by atoms with Crippen LogP contribution in [0.3, 0.4) is 0 Å². The number of aromatic nitrogens is 3. The van der Waals surface area contributed by atoms with Crippen molar-refractivity contribution in [1.82, 2.24) is 15.0 Å². The number of hydrogen-bond donors (Lipinski definition) is 2. The molecule has 0 fully saturated rings. The first-order chi connectivity index (χ1) is 9.38. The summed E-state index contributed by atoms with van der Waals surface area (Å²) < 4.78 is 0. The summed E-state index contributed by atoms with van der Waals surface area (Å²) in [6, 6.07) is 0. The van der Waals surface area contributed by atoms with Gasteiger partial charge in [-0.25, -0.2) is 15.0 Å². The minimum absolute atomic E-state index is 0.131. The van der Waals surface area contributed by atoms with Crippen LogP contribution in [0.1, 0.15) is 46.6 Å². The predicted molar refractivity (Wildman–Crippen MR) is 80.1 cm³/mol. The van der Waals surface area contributed by atoms with Gasteiger partial charge in [0.05, 0.1) is 17.6 Å². The van der Waals surface area contributed by atoms with Crippen LogP contribution in [0.5, 0.6) is 0 Å². The van der Waals surface area contributed by atoms with Gasteiger partial charge in [-0.3, -0.25) is 10.1 Å². The summed E-state index contributed by atoms with van der Waals surface area (Å²) in [6.45, 7) is 7.78. The summed E-state index contributed by atoms with van der Waals surface area (Å²) in [6.07, 6.45) is 1.47. The van der Waals surface area contributed by atoms with Crippen molar-refractivity contribution in [2.75, 3.05) is 11.1 Å². The lowest BCUT2D eigenvalue weighted by atomic mass is 10.2. The molecule has 0 unspecified atom stereocenters. The second-order valence-corrected chi connectivity index (χ2v) is 6.00. The summed E-state index contributed by atoms with van der Waals surface area (Å²) in [4.78, 5) is 25.9. The highest BCUT2D eigenvalue weighted by molar-refractivity contribution is 7.15. The van der Waals surface area contributed by atoms with E-state index in [1.165, 1.54) is 17.5 Å². The molecule has 0 atom stereocenters. The molecule has 1 amide bonds. The van der Waals surface area contributed by atoms with Gasteiger partial charge in [0.25, 0.3) is 5.91 Å². The summed E-state index contributed by atoms with van der Waals surface area (Å²) >= 11 is 1.43. The fraction of sp³-hybridized carbons (Fsp3) is 0.385. The first-order valence-corrected chi connectivity index (χ1v) is 7.08. The standard InChI is InChI=1S/C13H17N5OS/c1-6(2)11-15-5-9(14)10(17-11)12(19)18-13-16-7(3)8(4)20-13/h5-6H,14H2,1-4H3,(H,16,18,19). The molecule has 2 heterocycles. The average molecular weight is 291 g/mol. The highest BCUT2D eigenvalue weighted by atomic mass is 32.1. The number of hydrogen-bond acceptors (Lipinski definition) is 6. The van der Waals surface area contributed by atoms with Crippen LogP contribution in [0, 0.1) is 13.8 Å². The maximum atomic E-state index is 12.2. The van der Waals surface area contributed by atoms with Gasteiger partial charge in [0.1, 0.15) is 5.82 Å². The first kappa shape index (κ1) is 14.4. The summed E-state index contributed by atoms with van der Waals surface area (Å²) in [7, 11) is 0. The van der Waals surface area contributed by atoms with E-state index in [2.05, 4.69) is 20.3 Å². The summed E-state index contributed by atoms with van der Waals surface area (Å²) in [5.74, 6) is 0.364. The maximum absolute atomic E-state index is 12.2. The molecule has 0 aliphatic carbocycles. The van der Waals surface area contributed by atoms with Crippen molar-refractivity contribution in [2.24, 2.45) is 0 Å². The molecule has 2 aromatic rings. The molecule has 0 radical (unpaired) electrons. The molecule has 0 aliphatic rings. The second kappa shape index (κ2) is 5.54. The third-order valence-corrected chi connectivity index (χ3v) is 3.80. The Morgan fingerprint density at radius 2 is 2.05 bits per heavy atom.